The number of benzene rings is 2. The van der Waals surface area contributed by atoms with Gasteiger partial charge >= 0.3 is 5.97 Å². The zero-order valence-corrected chi connectivity index (χ0v) is 14.3. The molecule has 0 radical (unpaired) electrons. The van der Waals surface area contributed by atoms with Gasteiger partial charge in [-0.25, -0.2) is 9.80 Å². The highest BCUT2D eigenvalue weighted by Gasteiger charge is 2.34. The topological polar surface area (TPSA) is 116 Å². The Balaban J connectivity index is 1.84. The van der Waals surface area contributed by atoms with Gasteiger partial charge in [0.2, 0.25) is 0 Å². The van der Waals surface area contributed by atoms with Crippen LogP contribution in [0.2, 0.25) is 0 Å². The number of nitrogens with zero attached hydrogens (tertiary/aromatic N) is 1. The highest BCUT2D eigenvalue weighted by atomic mass is 16.5. The van der Waals surface area contributed by atoms with Gasteiger partial charge in [-0.1, -0.05) is 6.07 Å². The molecule has 0 aliphatic carbocycles. The first-order valence-corrected chi connectivity index (χ1v) is 8.07. The molecular weight excluding hydrogens is 352 g/mol. The monoisotopic (exact) mass is 368 g/mol. The highest BCUT2D eigenvalue weighted by Crippen LogP contribution is 2.27. The summed E-state index contributed by atoms with van der Waals surface area (Å²) < 4.78 is 4.90. The van der Waals surface area contributed by atoms with Crippen LogP contribution in [0.4, 0.5) is 5.69 Å². The molecule has 3 rings (SSSR count). The number of carbonyl (C=O) groups excluding carboxylic acids is 3. The summed E-state index contributed by atoms with van der Waals surface area (Å²) >= 11 is 0. The molecule has 2 aromatic rings. The average Bonchev–Trinajstić information content (AvgIpc) is 2.93. The van der Waals surface area contributed by atoms with E-state index in [1.165, 1.54) is 48.5 Å². The number of phenolic OH excluding ortho intramolecular Hbond substituents is 2. The maximum Gasteiger partial charge on any atom is 0.338 e. The first kappa shape index (κ1) is 18.0. The molecule has 8 heteroatoms. The Morgan fingerprint density at radius 2 is 1.81 bits per heavy atom. The number of hydrazine groups is 1. The minimum Gasteiger partial charge on any atom is -0.504 e. The van der Waals surface area contributed by atoms with Crippen LogP contribution < -0.4 is 10.4 Å². The van der Waals surface area contributed by atoms with E-state index in [0.717, 1.165) is 5.01 Å². The van der Waals surface area contributed by atoms with Gasteiger partial charge in [0.05, 0.1) is 17.9 Å². The Kier molecular flexibility index (Phi) is 4.80. The molecule has 1 aliphatic heterocycles. The number of esters is 1. The molecule has 0 bridgehead atoms. The zero-order chi connectivity index (χ0) is 19.6. The van der Waals surface area contributed by atoms with Crippen LogP contribution in [0.15, 0.2) is 48.0 Å². The molecule has 27 heavy (non-hydrogen) atoms. The van der Waals surface area contributed by atoms with Crippen molar-refractivity contribution >= 4 is 29.5 Å². The second-order valence-corrected chi connectivity index (χ2v) is 5.65. The quantitative estimate of drug-likeness (QED) is 0.328. The lowest BCUT2D eigenvalue weighted by Gasteiger charge is -2.14. The summed E-state index contributed by atoms with van der Waals surface area (Å²) in [6.45, 7) is 1.95. The lowest BCUT2D eigenvalue weighted by atomic mass is 10.1. The Hall–Kier alpha value is -3.81. The molecule has 2 aromatic carbocycles. The number of anilines is 1. The number of nitrogens with one attached hydrogen (secondary N) is 1. The number of aromatic hydroxyl groups is 2. The van der Waals surface area contributed by atoms with E-state index >= 15 is 0 Å². The van der Waals surface area contributed by atoms with Crippen LogP contribution in [-0.4, -0.2) is 34.6 Å². The van der Waals surface area contributed by atoms with Gasteiger partial charge in [-0.3, -0.25) is 15.0 Å². The van der Waals surface area contributed by atoms with Gasteiger partial charge in [0.25, 0.3) is 11.8 Å². The molecule has 0 unspecified atom stereocenters. The van der Waals surface area contributed by atoms with Crippen LogP contribution in [0.1, 0.15) is 22.8 Å². The van der Waals surface area contributed by atoms with Gasteiger partial charge in [0, 0.05) is 0 Å². The molecule has 8 nitrogen and oxygen atoms in total. The minimum absolute atomic E-state index is 0.130. The number of phenols is 2. The maximum atomic E-state index is 12.6. The van der Waals surface area contributed by atoms with Crippen LogP contribution >= 0.6 is 0 Å². The number of amides is 2. The van der Waals surface area contributed by atoms with E-state index < -0.39 is 17.8 Å². The van der Waals surface area contributed by atoms with E-state index in [0.29, 0.717) is 16.8 Å². The number of carbonyl (C=O) groups is 3. The minimum atomic E-state index is -0.609. The molecule has 2 amide bonds. The first-order chi connectivity index (χ1) is 12.9. The number of ether oxygens (including phenoxy) is 1. The fraction of sp³-hybridized carbons (Fsp3) is 0.105. The van der Waals surface area contributed by atoms with Crippen molar-refractivity contribution in [1.82, 2.24) is 5.43 Å². The number of hydrogen-bond donors (Lipinski definition) is 3. The van der Waals surface area contributed by atoms with Crippen LogP contribution in [0, 0.1) is 0 Å². The predicted molar refractivity (Wildman–Crippen MR) is 95.8 cm³/mol. The van der Waals surface area contributed by atoms with Gasteiger partial charge in [0.15, 0.2) is 11.5 Å². The largest absolute Gasteiger partial charge is 0.504 e. The third kappa shape index (κ3) is 3.59. The molecule has 0 atom stereocenters. The normalized spacial score (nSPS) is 15.1. The van der Waals surface area contributed by atoms with Crippen LogP contribution in [0.25, 0.3) is 6.08 Å². The predicted octanol–water partition coefficient (Wildman–Crippen LogP) is 1.74. The highest BCUT2D eigenvalue weighted by molar-refractivity contribution is 6.31. The standard InChI is InChI=1S/C19H16N2O6/c1-2-27-19(26)12-4-6-13(7-5-12)21-18(25)14(17(24)20-21)9-11-3-8-15(22)16(23)10-11/h3-10,22-23H,2H2,1H3,(H,20,24)/b14-9-. The van der Waals surface area contributed by atoms with Crippen molar-refractivity contribution in [1.29, 1.82) is 0 Å². The van der Waals surface area contributed by atoms with Crippen molar-refractivity contribution in [2.45, 2.75) is 6.92 Å². The third-order valence-electron chi connectivity index (χ3n) is 3.84. The van der Waals surface area contributed by atoms with Gasteiger partial charge in [-0.15, -0.1) is 0 Å². The third-order valence-corrected chi connectivity index (χ3v) is 3.84. The fourth-order valence-corrected chi connectivity index (χ4v) is 2.50. The summed E-state index contributed by atoms with van der Waals surface area (Å²) in [5.41, 5.74) is 3.39. The van der Waals surface area contributed by atoms with E-state index in [2.05, 4.69) is 5.43 Å². The van der Waals surface area contributed by atoms with E-state index in [1.54, 1.807) is 6.92 Å². The molecule has 1 aliphatic rings. The fourth-order valence-electron chi connectivity index (χ4n) is 2.50. The number of rotatable bonds is 4. The second kappa shape index (κ2) is 7.20. The zero-order valence-electron chi connectivity index (χ0n) is 14.3. The SMILES string of the molecule is CCOC(=O)c1ccc(N2NC(=O)/C(=C/c3ccc(O)c(O)c3)C2=O)cc1. The molecule has 1 heterocycles. The van der Waals surface area contributed by atoms with Crippen molar-refractivity contribution < 1.29 is 29.3 Å². The Morgan fingerprint density at radius 1 is 1.11 bits per heavy atom. The summed E-state index contributed by atoms with van der Waals surface area (Å²) in [6, 6.07) is 9.96. The number of hydrogen-bond acceptors (Lipinski definition) is 6. The van der Waals surface area contributed by atoms with Crippen LogP contribution in [0.3, 0.4) is 0 Å². The lowest BCUT2D eigenvalue weighted by molar-refractivity contribution is -0.117. The lowest BCUT2D eigenvalue weighted by Crippen LogP contribution is -2.35. The summed E-state index contributed by atoms with van der Waals surface area (Å²) in [7, 11) is 0. The molecule has 0 saturated carbocycles. The van der Waals surface area contributed by atoms with Gasteiger partial charge in [-0.2, -0.15) is 0 Å². The Labute approximate surface area is 154 Å². The van der Waals surface area contributed by atoms with Crippen molar-refractivity contribution in [2.75, 3.05) is 11.6 Å². The molecule has 3 N–H and O–H groups in total. The van der Waals surface area contributed by atoms with Crippen LogP contribution in [0.5, 0.6) is 11.5 Å². The van der Waals surface area contributed by atoms with E-state index in [1.807, 2.05) is 0 Å². The second-order valence-electron chi connectivity index (χ2n) is 5.65. The van der Waals surface area contributed by atoms with E-state index in [4.69, 9.17) is 4.74 Å². The van der Waals surface area contributed by atoms with Gasteiger partial charge in [0.1, 0.15) is 5.57 Å². The summed E-state index contributed by atoms with van der Waals surface area (Å²) in [5, 5.41) is 19.9. The Bertz CT molecular complexity index is 949. The molecule has 138 valence electrons. The van der Waals surface area contributed by atoms with E-state index in [9.17, 15) is 24.6 Å². The van der Waals surface area contributed by atoms with E-state index in [-0.39, 0.29) is 23.7 Å². The van der Waals surface area contributed by atoms with Gasteiger partial charge in [-0.05, 0) is 55.0 Å². The molecule has 1 fully saturated rings. The molecule has 0 aromatic heterocycles. The summed E-state index contributed by atoms with van der Waals surface area (Å²) in [6.07, 6.45) is 1.31. The average molecular weight is 368 g/mol. The van der Waals surface area contributed by atoms with Gasteiger partial charge < -0.3 is 14.9 Å². The summed E-state index contributed by atoms with van der Waals surface area (Å²) in [4.78, 5) is 36.4. The molecule has 0 spiro atoms. The molecular formula is C19H16N2O6. The van der Waals surface area contributed by atoms with Crippen molar-refractivity contribution in [2.24, 2.45) is 0 Å². The summed E-state index contributed by atoms with van der Waals surface area (Å²) in [5.74, 6) is -2.34. The smallest absolute Gasteiger partial charge is 0.338 e. The van der Waals surface area contributed by atoms with Crippen molar-refractivity contribution in [3.63, 3.8) is 0 Å². The maximum absolute atomic E-state index is 12.6. The first-order valence-electron chi connectivity index (χ1n) is 8.07. The van der Waals surface area contributed by atoms with Crippen molar-refractivity contribution in [3.8, 4) is 11.5 Å². The van der Waals surface area contributed by atoms with Crippen LogP contribution in [-0.2, 0) is 14.3 Å². The molecule has 1 saturated heterocycles. The van der Waals surface area contributed by atoms with Crippen molar-refractivity contribution in [3.05, 3.63) is 59.2 Å². The Morgan fingerprint density at radius 3 is 2.44 bits per heavy atom.